The van der Waals surface area contributed by atoms with Crippen molar-refractivity contribution >= 4 is 11.6 Å². The van der Waals surface area contributed by atoms with E-state index in [2.05, 4.69) is 5.32 Å². The van der Waals surface area contributed by atoms with Gasteiger partial charge in [0, 0.05) is 30.1 Å². The molecule has 1 saturated carbocycles. The highest BCUT2D eigenvalue weighted by Crippen LogP contribution is 2.35. The van der Waals surface area contributed by atoms with Gasteiger partial charge in [-0.3, -0.25) is 0 Å². The summed E-state index contributed by atoms with van der Waals surface area (Å²) >= 11 is 5.94. The molecule has 1 aromatic rings. The summed E-state index contributed by atoms with van der Waals surface area (Å²) < 4.78 is 19.4. The predicted molar refractivity (Wildman–Crippen MR) is 73.9 cm³/mol. The topological polar surface area (TPSA) is 21.3 Å². The molecule has 1 aliphatic heterocycles. The van der Waals surface area contributed by atoms with E-state index in [0.717, 1.165) is 31.6 Å². The van der Waals surface area contributed by atoms with Crippen LogP contribution in [-0.4, -0.2) is 19.2 Å². The molecule has 1 saturated heterocycles. The molecular weight excluding hydrogens is 265 g/mol. The first-order chi connectivity index (χ1) is 9.22. The summed E-state index contributed by atoms with van der Waals surface area (Å²) in [5, 5.41) is 3.99. The summed E-state index contributed by atoms with van der Waals surface area (Å²) in [6.45, 7) is 1.70. The fraction of sp³-hybridized carbons (Fsp3) is 0.600. The lowest BCUT2D eigenvalue weighted by atomic mass is 9.89. The van der Waals surface area contributed by atoms with Crippen LogP contribution in [0.5, 0.6) is 0 Å². The second kappa shape index (κ2) is 5.78. The van der Waals surface area contributed by atoms with Gasteiger partial charge in [-0.1, -0.05) is 11.6 Å². The molecule has 0 amide bonds. The number of ether oxygens (including phenoxy) is 1. The smallest absolute Gasteiger partial charge is 0.125 e. The van der Waals surface area contributed by atoms with Crippen LogP contribution in [0.4, 0.5) is 4.39 Å². The second-order valence-corrected chi connectivity index (χ2v) is 6.02. The van der Waals surface area contributed by atoms with E-state index in [4.69, 9.17) is 16.3 Å². The van der Waals surface area contributed by atoms with Gasteiger partial charge in [0.15, 0.2) is 0 Å². The van der Waals surface area contributed by atoms with Crippen LogP contribution in [-0.2, 0) is 4.74 Å². The molecule has 2 unspecified atom stereocenters. The second-order valence-electron chi connectivity index (χ2n) is 5.58. The van der Waals surface area contributed by atoms with E-state index in [-0.39, 0.29) is 11.9 Å². The van der Waals surface area contributed by atoms with Gasteiger partial charge in [-0.2, -0.15) is 0 Å². The van der Waals surface area contributed by atoms with Crippen molar-refractivity contribution in [1.82, 2.24) is 5.32 Å². The highest BCUT2D eigenvalue weighted by atomic mass is 35.5. The number of rotatable bonds is 4. The summed E-state index contributed by atoms with van der Waals surface area (Å²) in [6.07, 6.45) is 4.73. The number of hydrogen-bond acceptors (Lipinski definition) is 2. The Bertz CT molecular complexity index is 430. The zero-order valence-corrected chi connectivity index (χ0v) is 11.6. The van der Waals surface area contributed by atoms with Crippen molar-refractivity contribution in [1.29, 1.82) is 0 Å². The Morgan fingerprint density at radius 1 is 1.26 bits per heavy atom. The Kier molecular flexibility index (Phi) is 4.06. The molecule has 2 aliphatic rings. The highest BCUT2D eigenvalue weighted by Gasteiger charge is 2.30. The molecule has 0 bridgehead atoms. The molecule has 104 valence electrons. The molecule has 0 spiro atoms. The normalized spacial score (nSPS) is 27.5. The van der Waals surface area contributed by atoms with E-state index in [1.165, 1.54) is 18.9 Å². The Labute approximate surface area is 118 Å². The highest BCUT2D eigenvalue weighted by molar-refractivity contribution is 6.30. The van der Waals surface area contributed by atoms with Crippen molar-refractivity contribution in [3.63, 3.8) is 0 Å². The van der Waals surface area contributed by atoms with Gasteiger partial charge in [0.1, 0.15) is 5.82 Å². The molecule has 2 fully saturated rings. The van der Waals surface area contributed by atoms with Crippen LogP contribution in [0.25, 0.3) is 0 Å². The molecule has 4 heteroatoms. The van der Waals surface area contributed by atoms with Gasteiger partial charge in [-0.05, 0) is 49.4 Å². The van der Waals surface area contributed by atoms with Crippen LogP contribution in [0, 0.1) is 11.7 Å². The van der Waals surface area contributed by atoms with E-state index >= 15 is 0 Å². The minimum Gasteiger partial charge on any atom is -0.373 e. The van der Waals surface area contributed by atoms with Crippen molar-refractivity contribution in [3.8, 4) is 0 Å². The fourth-order valence-corrected chi connectivity index (χ4v) is 3.00. The predicted octanol–water partition coefficient (Wildman–Crippen LogP) is 3.70. The first-order valence-corrected chi connectivity index (χ1v) is 7.41. The SMILES string of the molecule is Fc1cc(Cl)cc(C2OCCCC2CNC2CC2)c1. The first-order valence-electron chi connectivity index (χ1n) is 7.03. The molecule has 2 atom stereocenters. The minimum absolute atomic E-state index is 0.0341. The Morgan fingerprint density at radius 2 is 2.11 bits per heavy atom. The standard InChI is InChI=1S/C15H19ClFNO/c16-12-6-11(7-13(17)8-12)15-10(2-1-5-19-15)9-18-14-3-4-14/h6-8,10,14-15,18H,1-5,9H2. The Hall–Kier alpha value is -0.640. The molecule has 1 heterocycles. The summed E-state index contributed by atoms with van der Waals surface area (Å²) in [6, 6.07) is 5.40. The van der Waals surface area contributed by atoms with Gasteiger partial charge in [0.2, 0.25) is 0 Å². The van der Waals surface area contributed by atoms with Gasteiger partial charge < -0.3 is 10.1 Å². The lowest BCUT2D eigenvalue weighted by Gasteiger charge is -2.32. The lowest BCUT2D eigenvalue weighted by molar-refractivity contribution is -0.0280. The van der Waals surface area contributed by atoms with Crippen LogP contribution in [0.15, 0.2) is 18.2 Å². The maximum absolute atomic E-state index is 13.5. The van der Waals surface area contributed by atoms with E-state index < -0.39 is 0 Å². The van der Waals surface area contributed by atoms with Crippen LogP contribution < -0.4 is 5.32 Å². The molecule has 3 rings (SSSR count). The van der Waals surface area contributed by atoms with Crippen LogP contribution in [0.1, 0.15) is 37.4 Å². The molecule has 1 N–H and O–H groups in total. The quantitative estimate of drug-likeness (QED) is 0.910. The number of nitrogens with one attached hydrogen (secondary N) is 1. The zero-order valence-electron chi connectivity index (χ0n) is 10.9. The van der Waals surface area contributed by atoms with Crippen molar-refractivity contribution in [2.24, 2.45) is 5.92 Å². The third kappa shape index (κ3) is 3.47. The third-order valence-corrected chi connectivity index (χ3v) is 4.12. The Morgan fingerprint density at radius 3 is 2.84 bits per heavy atom. The lowest BCUT2D eigenvalue weighted by Crippen LogP contribution is -2.33. The van der Waals surface area contributed by atoms with Crippen molar-refractivity contribution in [2.45, 2.75) is 37.8 Å². The van der Waals surface area contributed by atoms with Gasteiger partial charge in [-0.25, -0.2) is 4.39 Å². The number of benzene rings is 1. The molecular formula is C15H19ClFNO. The molecule has 1 aliphatic carbocycles. The average Bonchev–Trinajstić information content (AvgIpc) is 3.19. The largest absolute Gasteiger partial charge is 0.373 e. The van der Waals surface area contributed by atoms with Crippen LogP contribution in [0.2, 0.25) is 5.02 Å². The maximum atomic E-state index is 13.5. The van der Waals surface area contributed by atoms with Crippen LogP contribution >= 0.6 is 11.6 Å². The number of hydrogen-bond donors (Lipinski definition) is 1. The van der Waals surface area contributed by atoms with E-state index in [1.807, 2.05) is 6.07 Å². The zero-order chi connectivity index (χ0) is 13.2. The van der Waals surface area contributed by atoms with Gasteiger partial charge in [0.05, 0.1) is 6.10 Å². The summed E-state index contributed by atoms with van der Waals surface area (Å²) in [5.41, 5.74) is 0.868. The first kappa shape index (κ1) is 13.3. The number of halogens is 2. The van der Waals surface area contributed by atoms with Crippen LogP contribution in [0.3, 0.4) is 0 Å². The van der Waals surface area contributed by atoms with Gasteiger partial charge >= 0.3 is 0 Å². The molecule has 1 aromatic carbocycles. The van der Waals surface area contributed by atoms with Gasteiger partial charge in [0.25, 0.3) is 0 Å². The fourth-order valence-electron chi connectivity index (χ4n) is 2.77. The molecule has 0 radical (unpaired) electrons. The molecule has 2 nitrogen and oxygen atoms in total. The van der Waals surface area contributed by atoms with E-state index in [1.54, 1.807) is 6.07 Å². The minimum atomic E-state index is -0.287. The van der Waals surface area contributed by atoms with Crippen molar-refractivity contribution in [3.05, 3.63) is 34.6 Å². The van der Waals surface area contributed by atoms with E-state index in [9.17, 15) is 4.39 Å². The third-order valence-electron chi connectivity index (χ3n) is 3.90. The maximum Gasteiger partial charge on any atom is 0.125 e. The summed E-state index contributed by atoms with van der Waals surface area (Å²) in [4.78, 5) is 0. The average molecular weight is 284 g/mol. The van der Waals surface area contributed by atoms with E-state index in [0.29, 0.717) is 17.0 Å². The summed E-state index contributed by atoms with van der Waals surface area (Å²) in [5.74, 6) is 0.123. The Balaban J connectivity index is 1.73. The monoisotopic (exact) mass is 283 g/mol. The molecule has 19 heavy (non-hydrogen) atoms. The van der Waals surface area contributed by atoms with Crippen molar-refractivity contribution < 1.29 is 9.13 Å². The summed E-state index contributed by atoms with van der Waals surface area (Å²) in [7, 11) is 0. The molecule has 0 aromatic heterocycles. The van der Waals surface area contributed by atoms with Gasteiger partial charge in [-0.15, -0.1) is 0 Å². The van der Waals surface area contributed by atoms with Crippen molar-refractivity contribution in [2.75, 3.05) is 13.2 Å².